The van der Waals surface area contributed by atoms with Crippen molar-refractivity contribution in [1.82, 2.24) is 5.32 Å². The van der Waals surface area contributed by atoms with E-state index in [0.717, 1.165) is 0 Å². The minimum atomic E-state index is -1.04. The van der Waals surface area contributed by atoms with Crippen molar-refractivity contribution in [2.75, 3.05) is 13.3 Å². The molecule has 0 unspecified atom stereocenters. The number of rotatable bonds is 6. The van der Waals surface area contributed by atoms with Crippen molar-refractivity contribution in [3.05, 3.63) is 23.8 Å². The fourth-order valence-electron chi connectivity index (χ4n) is 1.79. The molecule has 20 heavy (non-hydrogen) atoms. The number of nitrogens with one attached hydrogen (secondary N) is 1. The summed E-state index contributed by atoms with van der Waals surface area (Å²) in [6.07, 6.45) is 0.820. The molecule has 0 aliphatic carbocycles. The zero-order valence-electron chi connectivity index (χ0n) is 10.8. The number of aliphatic carboxylic acids is 1. The third-order valence-corrected chi connectivity index (χ3v) is 2.93. The Balaban J connectivity index is 1.79. The third kappa shape index (κ3) is 3.39. The van der Waals surface area contributed by atoms with Gasteiger partial charge in [-0.05, 0) is 31.0 Å². The zero-order valence-corrected chi connectivity index (χ0v) is 10.8. The van der Waals surface area contributed by atoms with Crippen molar-refractivity contribution in [2.45, 2.75) is 18.9 Å². The fraction of sp³-hybridized carbons (Fsp3) is 0.385. The molecule has 7 nitrogen and oxygen atoms in total. The van der Waals surface area contributed by atoms with Crippen molar-refractivity contribution >= 4 is 11.9 Å². The second-order valence-corrected chi connectivity index (χ2v) is 4.41. The van der Waals surface area contributed by atoms with Crippen LogP contribution in [0, 0.1) is 0 Å². The molecule has 1 amide bonds. The largest absolute Gasteiger partial charge is 0.480 e. The van der Waals surface area contributed by atoms with E-state index in [4.69, 9.17) is 20.3 Å². The van der Waals surface area contributed by atoms with Gasteiger partial charge in [0, 0.05) is 12.1 Å². The summed E-state index contributed by atoms with van der Waals surface area (Å²) in [6.45, 7) is 0.530. The van der Waals surface area contributed by atoms with Crippen molar-refractivity contribution in [2.24, 2.45) is 5.73 Å². The van der Waals surface area contributed by atoms with Crippen LogP contribution in [0.4, 0.5) is 0 Å². The van der Waals surface area contributed by atoms with Gasteiger partial charge < -0.3 is 25.6 Å². The van der Waals surface area contributed by atoms with Crippen LogP contribution in [-0.2, 0) is 4.79 Å². The monoisotopic (exact) mass is 280 g/mol. The summed E-state index contributed by atoms with van der Waals surface area (Å²) in [6, 6.07) is 4.04. The van der Waals surface area contributed by atoms with Crippen LogP contribution < -0.4 is 20.5 Å². The van der Waals surface area contributed by atoms with Crippen molar-refractivity contribution < 1.29 is 24.2 Å². The predicted molar refractivity (Wildman–Crippen MR) is 69.7 cm³/mol. The van der Waals surface area contributed by atoms with Gasteiger partial charge in [0.05, 0.1) is 0 Å². The lowest BCUT2D eigenvalue weighted by atomic mass is 10.1. The number of amides is 1. The molecule has 0 saturated carbocycles. The summed E-state index contributed by atoms with van der Waals surface area (Å²) in [4.78, 5) is 22.4. The third-order valence-electron chi connectivity index (χ3n) is 2.93. The van der Waals surface area contributed by atoms with Crippen LogP contribution in [0.15, 0.2) is 18.2 Å². The highest BCUT2D eigenvalue weighted by atomic mass is 16.7. The normalized spacial score (nSPS) is 13.8. The van der Waals surface area contributed by atoms with Gasteiger partial charge in [-0.3, -0.25) is 9.59 Å². The highest BCUT2D eigenvalue weighted by Gasteiger charge is 2.16. The second kappa shape index (κ2) is 6.25. The standard InChI is InChI=1S/C13H16N2O5/c14-9(13(17)18)2-1-5-15-12(16)8-3-4-10-11(6-8)20-7-19-10/h3-4,6,9H,1-2,5,7,14H2,(H,15,16)(H,17,18)/t9-/m0/s1. The molecule has 1 heterocycles. The molecule has 1 aliphatic rings. The molecule has 0 spiro atoms. The van der Waals surface area contributed by atoms with Gasteiger partial charge in [0.2, 0.25) is 6.79 Å². The Kier molecular flexibility index (Phi) is 4.41. The molecule has 0 saturated heterocycles. The van der Waals surface area contributed by atoms with Crippen LogP contribution in [0.5, 0.6) is 11.5 Å². The highest BCUT2D eigenvalue weighted by Crippen LogP contribution is 2.32. The van der Waals surface area contributed by atoms with E-state index in [1.54, 1.807) is 18.2 Å². The summed E-state index contributed by atoms with van der Waals surface area (Å²) >= 11 is 0. The summed E-state index contributed by atoms with van der Waals surface area (Å²) in [5.74, 6) is -0.112. The quantitative estimate of drug-likeness (QED) is 0.648. The number of hydrogen-bond acceptors (Lipinski definition) is 5. The molecule has 1 atom stereocenters. The first-order chi connectivity index (χ1) is 9.58. The molecule has 0 aromatic heterocycles. The van der Waals surface area contributed by atoms with Gasteiger partial charge in [-0.2, -0.15) is 0 Å². The maximum atomic E-state index is 11.9. The summed E-state index contributed by atoms with van der Waals surface area (Å²) in [5, 5.41) is 11.3. The Labute approximate surface area is 115 Å². The van der Waals surface area contributed by atoms with Crippen LogP contribution in [0.2, 0.25) is 0 Å². The predicted octanol–water partition coefficient (Wildman–Crippen LogP) is 0.337. The molecular formula is C13H16N2O5. The van der Waals surface area contributed by atoms with Crippen molar-refractivity contribution in [3.8, 4) is 11.5 Å². The van der Waals surface area contributed by atoms with Crippen LogP contribution in [0.3, 0.4) is 0 Å². The molecule has 108 valence electrons. The number of nitrogens with two attached hydrogens (primary N) is 1. The summed E-state index contributed by atoms with van der Waals surface area (Å²) in [5.41, 5.74) is 5.83. The van der Waals surface area contributed by atoms with Gasteiger partial charge in [0.1, 0.15) is 6.04 Å². The first-order valence-corrected chi connectivity index (χ1v) is 6.24. The fourth-order valence-corrected chi connectivity index (χ4v) is 1.79. The van der Waals surface area contributed by atoms with Crippen molar-refractivity contribution in [1.29, 1.82) is 0 Å². The molecule has 0 radical (unpaired) electrons. The van der Waals surface area contributed by atoms with Gasteiger partial charge in [0.25, 0.3) is 5.91 Å². The number of fused-ring (bicyclic) bond motifs is 1. The molecule has 4 N–H and O–H groups in total. The Morgan fingerprint density at radius 3 is 2.85 bits per heavy atom. The van der Waals surface area contributed by atoms with Gasteiger partial charge in [-0.25, -0.2) is 0 Å². The highest BCUT2D eigenvalue weighted by molar-refractivity contribution is 5.94. The lowest BCUT2D eigenvalue weighted by Gasteiger charge is -2.08. The Hall–Kier alpha value is -2.28. The lowest BCUT2D eigenvalue weighted by Crippen LogP contribution is -2.32. The summed E-state index contributed by atoms with van der Waals surface area (Å²) in [7, 11) is 0. The number of ether oxygens (including phenoxy) is 2. The topological polar surface area (TPSA) is 111 Å². The van der Waals surface area contributed by atoms with Gasteiger partial charge in [-0.15, -0.1) is 0 Å². The first kappa shape index (κ1) is 14.1. The van der Waals surface area contributed by atoms with Crippen LogP contribution >= 0.6 is 0 Å². The van der Waals surface area contributed by atoms with Gasteiger partial charge in [-0.1, -0.05) is 0 Å². The number of carboxylic acid groups (broad SMARTS) is 1. The van der Waals surface area contributed by atoms with E-state index in [-0.39, 0.29) is 12.7 Å². The molecule has 1 aliphatic heterocycles. The molecule has 2 rings (SSSR count). The molecule has 0 fully saturated rings. The van der Waals surface area contributed by atoms with Crippen molar-refractivity contribution in [3.63, 3.8) is 0 Å². The number of hydrogen-bond donors (Lipinski definition) is 3. The Morgan fingerprint density at radius 1 is 1.35 bits per heavy atom. The van der Waals surface area contributed by atoms with E-state index in [1.807, 2.05) is 0 Å². The van der Waals surface area contributed by atoms with E-state index in [1.165, 1.54) is 0 Å². The first-order valence-electron chi connectivity index (χ1n) is 6.24. The van der Waals surface area contributed by atoms with E-state index in [9.17, 15) is 9.59 Å². The van der Waals surface area contributed by atoms with Crippen LogP contribution in [-0.4, -0.2) is 36.4 Å². The number of carbonyl (C=O) groups is 2. The van der Waals surface area contributed by atoms with Crippen LogP contribution in [0.1, 0.15) is 23.2 Å². The average molecular weight is 280 g/mol. The number of carboxylic acids is 1. The Morgan fingerprint density at radius 2 is 2.10 bits per heavy atom. The number of carbonyl (C=O) groups excluding carboxylic acids is 1. The SMILES string of the molecule is N[C@@H](CCCNC(=O)c1ccc2c(c1)OCO2)C(=O)O. The van der Waals surface area contributed by atoms with Crippen LogP contribution in [0.25, 0.3) is 0 Å². The molecule has 7 heteroatoms. The smallest absolute Gasteiger partial charge is 0.320 e. The van der Waals surface area contributed by atoms with E-state index < -0.39 is 12.0 Å². The van der Waals surface area contributed by atoms with E-state index >= 15 is 0 Å². The molecule has 0 bridgehead atoms. The molecule has 1 aromatic carbocycles. The number of benzene rings is 1. The zero-order chi connectivity index (χ0) is 14.5. The summed E-state index contributed by atoms with van der Waals surface area (Å²) < 4.78 is 10.3. The maximum Gasteiger partial charge on any atom is 0.320 e. The average Bonchev–Trinajstić information content (AvgIpc) is 2.90. The Bertz CT molecular complexity index is 517. The van der Waals surface area contributed by atoms with E-state index in [0.29, 0.717) is 36.4 Å². The lowest BCUT2D eigenvalue weighted by molar-refractivity contribution is -0.138. The minimum Gasteiger partial charge on any atom is -0.480 e. The molecular weight excluding hydrogens is 264 g/mol. The maximum absolute atomic E-state index is 11.9. The minimum absolute atomic E-state index is 0.160. The second-order valence-electron chi connectivity index (χ2n) is 4.41. The van der Waals surface area contributed by atoms with Gasteiger partial charge >= 0.3 is 5.97 Å². The van der Waals surface area contributed by atoms with E-state index in [2.05, 4.69) is 5.32 Å². The van der Waals surface area contributed by atoms with Gasteiger partial charge in [0.15, 0.2) is 11.5 Å². The molecule has 1 aromatic rings.